The number of hydrogen-bond donors (Lipinski definition) is 0. The molecule has 1 heteroatoms. The lowest BCUT2D eigenvalue weighted by Gasteiger charge is -2.04. The zero-order valence-corrected chi connectivity index (χ0v) is 7.73. The average Bonchev–Trinajstić information content (AvgIpc) is 2.28. The fraction of sp³-hybridized carbons (Fsp3) is 0.545. The van der Waals surface area contributed by atoms with Crippen molar-refractivity contribution in [2.75, 3.05) is 0 Å². The van der Waals surface area contributed by atoms with Gasteiger partial charge in [-0.05, 0) is 31.3 Å². The summed E-state index contributed by atoms with van der Waals surface area (Å²) in [5, 5.41) is 0. The van der Waals surface area contributed by atoms with Gasteiger partial charge >= 0.3 is 0 Å². The second-order valence-electron chi connectivity index (χ2n) is 3.24. The highest BCUT2D eigenvalue weighted by Crippen LogP contribution is 2.20. The number of Topliss-reactive ketones (excluding diaryl/α,β-unsaturated/α-hetero) is 1. The van der Waals surface area contributed by atoms with Crippen molar-refractivity contribution in [1.82, 2.24) is 0 Å². The maximum atomic E-state index is 11.5. The van der Waals surface area contributed by atoms with E-state index in [1.165, 1.54) is 0 Å². The highest BCUT2D eigenvalue weighted by Gasteiger charge is 2.13. The van der Waals surface area contributed by atoms with Gasteiger partial charge in [-0.1, -0.05) is 19.6 Å². The molecule has 0 saturated carbocycles. The summed E-state index contributed by atoms with van der Waals surface area (Å²) in [5.41, 5.74) is 1.90. The molecule has 1 nitrogen and oxygen atoms in total. The molecule has 1 aliphatic carbocycles. The van der Waals surface area contributed by atoms with Crippen LogP contribution in [0.15, 0.2) is 23.8 Å². The van der Waals surface area contributed by atoms with Crippen LogP contribution in [0, 0.1) is 0 Å². The minimum absolute atomic E-state index is 0.291. The lowest BCUT2D eigenvalue weighted by atomic mass is 10.00. The third-order valence-corrected chi connectivity index (χ3v) is 2.31. The van der Waals surface area contributed by atoms with Gasteiger partial charge in [0.05, 0.1) is 0 Å². The van der Waals surface area contributed by atoms with Gasteiger partial charge in [-0.3, -0.25) is 4.79 Å². The van der Waals surface area contributed by atoms with Crippen molar-refractivity contribution in [3.8, 4) is 0 Å². The van der Waals surface area contributed by atoms with Crippen LogP contribution in [-0.2, 0) is 4.79 Å². The lowest BCUT2D eigenvalue weighted by molar-refractivity contribution is -0.115. The van der Waals surface area contributed by atoms with Gasteiger partial charge in [0.1, 0.15) is 0 Å². The molecule has 1 aliphatic rings. The van der Waals surface area contributed by atoms with E-state index in [4.69, 9.17) is 0 Å². The van der Waals surface area contributed by atoms with Crippen molar-refractivity contribution >= 4 is 5.78 Å². The predicted molar refractivity (Wildman–Crippen MR) is 51.0 cm³/mol. The number of ketones is 1. The van der Waals surface area contributed by atoms with Crippen LogP contribution in [0.25, 0.3) is 0 Å². The zero-order valence-electron chi connectivity index (χ0n) is 7.73. The summed E-state index contributed by atoms with van der Waals surface area (Å²) in [4.78, 5) is 11.5. The van der Waals surface area contributed by atoms with Crippen molar-refractivity contribution in [1.29, 1.82) is 0 Å². The monoisotopic (exact) mass is 164 g/mol. The first-order chi connectivity index (χ1) is 5.75. The molecule has 1 rings (SSSR count). The Labute approximate surface area is 74.2 Å². The molecule has 0 aromatic heterocycles. The van der Waals surface area contributed by atoms with Gasteiger partial charge in [0.2, 0.25) is 0 Å². The summed E-state index contributed by atoms with van der Waals surface area (Å²) in [6, 6.07) is 0. The van der Waals surface area contributed by atoms with Gasteiger partial charge in [-0.25, -0.2) is 0 Å². The van der Waals surface area contributed by atoms with Crippen molar-refractivity contribution in [3.63, 3.8) is 0 Å². The quantitative estimate of drug-likeness (QED) is 0.613. The Hall–Kier alpha value is -0.850. The van der Waals surface area contributed by atoms with Gasteiger partial charge in [0, 0.05) is 12.0 Å². The van der Waals surface area contributed by atoms with E-state index in [-0.39, 0.29) is 0 Å². The molecule has 0 fully saturated rings. The van der Waals surface area contributed by atoms with E-state index in [1.54, 1.807) is 0 Å². The van der Waals surface area contributed by atoms with Gasteiger partial charge in [-0.2, -0.15) is 0 Å². The molecule has 0 bridgehead atoms. The topological polar surface area (TPSA) is 17.1 Å². The first-order valence-electron chi connectivity index (χ1n) is 4.67. The second-order valence-corrected chi connectivity index (χ2v) is 3.24. The SMILES string of the molecule is C=C(CC)C1=CCCCCC1=O. The number of allylic oxidation sites excluding steroid dienone is 3. The van der Waals surface area contributed by atoms with E-state index in [2.05, 4.69) is 12.7 Å². The molecule has 0 amide bonds. The third kappa shape index (κ3) is 2.07. The molecule has 0 radical (unpaired) electrons. The Morgan fingerprint density at radius 1 is 1.58 bits per heavy atom. The number of carbonyl (C=O) groups excluding carboxylic acids is 1. The first-order valence-corrected chi connectivity index (χ1v) is 4.67. The third-order valence-electron chi connectivity index (χ3n) is 2.31. The van der Waals surface area contributed by atoms with Crippen LogP contribution in [0.1, 0.15) is 39.0 Å². The molecule has 0 aromatic rings. The van der Waals surface area contributed by atoms with E-state index >= 15 is 0 Å². The molecular weight excluding hydrogens is 148 g/mol. The molecule has 0 atom stereocenters. The van der Waals surface area contributed by atoms with Gasteiger partial charge in [-0.15, -0.1) is 0 Å². The molecule has 12 heavy (non-hydrogen) atoms. The minimum atomic E-state index is 0.291. The Balaban J connectivity index is 2.76. The molecule has 0 spiro atoms. The highest BCUT2D eigenvalue weighted by molar-refractivity contribution is 5.99. The molecule has 66 valence electrons. The van der Waals surface area contributed by atoms with E-state index < -0.39 is 0 Å². The summed E-state index contributed by atoms with van der Waals surface area (Å²) < 4.78 is 0. The first kappa shape index (κ1) is 9.24. The Kier molecular flexibility index (Phi) is 3.27. The van der Waals surface area contributed by atoms with E-state index in [0.29, 0.717) is 12.2 Å². The van der Waals surface area contributed by atoms with Gasteiger partial charge in [0.25, 0.3) is 0 Å². The second kappa shape index (κ2) is 4.24. The van der Waals surface area contributed by atoms with Crippen LogP contribution < -0.4 is 0 Å². The van der Waals surface area contributed by atoms with Crippen molar-refractivity contribution in [2.24, 2.45) is 0 Å². The largest absolute Gasteiger partial charge is 0.294 e. The van der Waals surface area contributed by atoms with Crippen molar-refractivity contribution in [2.45, 2.75) is 39.0 Å². The van der Waals surface area contributed by atoms with Gasteiger partial charge < -0.3 is 0 Å². The molecule has 0 N–H and O–H groups in total. The molecule has 0 aliphatic heterocycles. The van der Waals surface area contributed by atoms with E-state index in [0.717, 1.165) is 36.8 Å². The van der Waals surface area contributed by atoms with Crippen LogP contribution in [0.2, 0.25) is 0 Å². The number of carbonyl (C=O) groups is 1. The lowest BCUT2D eigenvalue weighted by Crippen LogP contribution is -2.02. The molecule has 0 saturated heterocycles. The van der Waals surface area contributed by atoms with Crippen LogP contribution in [0.4, 0.5) is 0 Å². The summed E-state index contributed by atoms with van der Waals surface area (Å²) >= 11 is 0. The Morgan fingerprint density at radius 2 is 2.33 bits per heavy atom. The Morgan fingerprint density at radius 3 is 3.00 bits per heavy atom. The summed E-state index contributed by atoms with van der Waals surface area (Å²) in [6.07, 6.45) is 6.88. The van der Waals surface area contributed by atoms with Crippen molar-refractivity contribution in [3.05, 3.63) is 23.8 Å². The number of rotatable bonds is 2. The number of hydrogen-bond acceptors (Lipinski definition) is 1. The Bertz CT molecular complexity index is 223. The van der Waals surface area contributed by atoms with Gasteiger partial charge in [0.15, 0.2) is 5.78 Å². The average molecular weight is 164 g/mol. The maximum absolute atomic E-state index is 11.5. The molecule has 0 aromatic carbocycles. The van der Waals surface area contributed by atoms with E-state index in [1.807, 2.05) is 6.92 Å². The van der Waals surface area contributed by atoms with Crippen LogP contribution >= 0.6 is 0 Å². The zero-order chi connectivity index (χ0) is 8.97. The van der Waals surface area contributed by atoms with Crippen LogP contribution in [0.5, 0.6) is 0 Å². The predicted octanol–water partition coefficient (Wildman–Crippen LogP) is 3.02. The van der Waals surface area contributed by atoms with Crippen LogP contribution in [-0.4, -0.2) is 5.78 Å². The van der Waals surface area contributed by atoms with E-state index in [9.17, 15) is 4.79 Å². The molecule has 0 unspecified atom stereocenters. The maximum Gasteiger partial charge on any atom is 0.162 e. The fourth-order valence-electron chi connectivity index (χ4n) is 1.46. The summed E-state index contributed by atoms with van der Waals surface area (Å²) in [6.45, 7) is 5.94. The summed E-state index contributed by atoms with van der Waals surface area (Å²) in [5.74, 6) is 0.291. The molecular formula is C11H16O. The highest BCUT2D eigenvalue weighted by atomic mass is 16.1. The normalized spacial score (nSPS) is 18.4. The smallest absolute Gasteiger partial charge is 0.162 e. The van der Waals surface area contributed by atoms with Crippen molar-refractivity contribution < 1.29 is 4.79 Å². The molecule has 0 heterocycles. The standard InChI is InChI=1S/C11H16O/c1-3-9(2)10-7-5-4-6-8-11(10)12/h7H,2-6,8H2,1H3. The fourth-order valence-corrected chi connectivity index (χ4v) is 1.46. The van der Waals surface area contributed by atoms with Crippen LogP contribution in [0.3, 0.4) is 0 Å². The summed E-state index contributed by atoms with van der Waals surface area (Å²) in [7, 11) is 0. The minimum Gasteiger partial charge on any atom is -0.294 e.